The fourth-order valence-corrected chi connectivity index (χ4v) is 1.57. The van der Waals surface area contributed by atoms with Crippen LogP contribution in [0.5, 0.6) is 0 Å². The van der Waals surface area contributed by atoms with Crippen LogP contribution in [0.3, 0.4) is 0 Å². The maximum atomic E-state index is 13.6. The third-order valence-corrected chi connectivity index (χ3v) is 3.51. The molecule has 1 aromatic carbocycles. The van der Waals surface area contributed by atoms with Crippen LogP contribution in [-0.2, 0) is 11.4 Å². The summed E-state index contributed by atoms with van der Waals surface area (Å²) in [5.74, 6) is -1.27. The average Bonchev–Trinajstić information content (AvgIpc) is 2.23. The highest BCUT2D eigenvalue weighted by Gasteiger charge is 2.26. The number of rotatable bonds is 2. The fraction of sp³-hybridized carbons (Fsp3) is 0.417. The molecule has 0 aliphatic carbocycles. The van der Waals surface area contributed by atoms with E-state index >= 15 is 0 Å². The normalized spacial score (nSPS) is 14.3. The molecule has 0 spiro atoms. The molecule has 5 heteroatoms. The molecule has 17 heavy (non-hydrogen) atoms. The van der Waals surface area contributed by atoms with Crippen LogP contribution in [0.4, 0.5) is 8.78 Å². The summed E-state index contributed by atoms with van der Waals surface area (Å²) < 4.78 is 41.5. The van der Waals surface area contributed by atoms with Crippen LogP contribution in [0.2, 0.25) is 0 Å². The van der Waals surface area contributed by atoms with E-state index in [0.29, 0.717) is 0 Å². The Kier molecular flexibility index (Phi) is 4.27. The molecule has 0 radical (unpaired) electrons. The summed E-state index contributed by atoms with van der Waals surface area (Å²) in [6, 6.07) is 2.45. The van der Waals surface area contributed by atoms with Crippen LogP contribution >= 0.6 is 0 Å². The second-order valence-corrected chi connectivity index (χ2v) is 6.61. The first kappa shape index (κ1) is 14.1. The van der Waals surface area contributed by atoms with E-state index in [2.05, 4.69) is 4.40 Å². The molecule has 0 N–H and O–H groups in total. The lowest BCUT2D eigenvalue weighted by Crippen LogP contribution is -2.25. The predicted octanol–water partition coefficient (Wildman–Crippen LogP) is 3.15. The number of halogens is 2. The summed E-state index contributed by atoms with van der Waals surface area (Å²) in [6.07, 6.45) is 1.18. The largest absolute Gasteiger partial charge is 0.591 e. The minimum absolute atomic E-state index is 0.0597. The molecule has 0 saturated carbocycles. The molecule has 0 aliphatic rings. The molecule has 1 aromatic rings. The van der Waals surface area contributed by atoms with E-state index in [1.165, 1.54) is 25.3 Å². The van der Waals surface area contributed by atoms with Crippen LogP contribution in [0, 0.1) is 18.6 Å². The monoisotopic (exact) mass is 259 g/mol. The number of nitrogens with zero attached hydrogens (tertiary/aromatic N) is 1. The maximum absolute atomic E-state index is 13.6. The highest BCUT2D eigenvalue weighted by atomic mass is 32.2. The van der Waals surface area contributed by atoms with E-state index in [9.17, 15) is 13.3 Å². The van der Waals surface area contributed by atoms with Crippen molar-refractivity contribution in [3.8, 4) is 0 Å². The van der Waals surface area contributed by atoms with E-state index in [0.717, 1.165) is 0 Å². The molecule has 0 amide bonds. The van der Waals surface area contributed by atoms with Gasteiger partial charge in [-0.05, 0) is 39.8 Å². The molecule has 1 rings (SSSR count). The molecular weight excluding hydrogens is 244 g/mol. The second-order valence-electron chi connectivity index (χ2n) is 4.67. The van der Waals surface area contributed by atoms with Gasteiger partial charge < -0.3 is 4.55 Å². The van der Waals surface area contributed by atoms with Crippen molar-refractivity contribution in [2.45, 2.75) is 32.4 Å². The third kappa shape index (κ3) is 3.51. The van der Waals surface area contributed by atoms with E-state index in [-0.39, 0.29) is 11.1 Å². The van der Waals surface area contributed by atoms with Gasteiger partial charge in [-0.2, -0.15) is 0 Å². The molecule has 0 fully saturated rings. The Hall–Kier alpha value is -0.940. The Morgan fingerprint density at radius 3 is 2.41 bits per heavy atom. The van der Waals surface area contributed by atoms with Crippen molar-refractivity contribution in [2.24, 2.45) is 4.40 Å². The highest BCUT2D eigenvalue weighted by Crippen LogP contribution is 2.18. The van der Waals surface area contributed by atoms with Gasteiger partial charge in [-0.3, -0.25) is 0 Å². The highest BCUT2D eigenvalue weighted by molar-refractivity contribution is 7.91. The third-order valence-electron chi connectivity index (χ3n) is 2.16. The second kappa shape index (κ2) is 5.14. The zero-order valence-electron chi connectivity index (χ0n) is 10.3. The Labute approximate surface area is 103 Å². The van der Waals surface area contributed by atoms with E-state index in [1.54, 1.807) is 20.8 Å². The zero-order valence-corrected chi connectivity index (χ0v) is 11.1. The maximum Gasteiger partial charge on any atom is 0.144 e. The standard InChI is InChI=1S/C12H15F2NOS/c1-8-10(13)6-5-9(11(8)14)7-15-17(16)12(2,3)4/h5-7H,1-4H3. The van der Waals surface area contributed by atoms with Gasteiger partial charge in [0.05, 0.1) is 6.21 Å². The van der Waals surface area contributed by atoms with E-state index in [4.69, 9.17) is 0 Å². The lowest BCUT2D eigenvalue weighted by molar-refractivity contribution is 0.561. The smallest absolute Gasteiger partial charge is 0.144 e. The minimum Gasteiger partial charge on any atom is -0.591 e. The van der Waals surface area contributed by atoms with Gasteiger partial charge in [0.2, 0.25) is 0 Å². The molecule has 1 atom stereocenters. The topological polar surface area (TPSA) is 35.4 Å². The Morgan fingerprint density at radius 2 is 1.88 bits per heavy atom. The fourth-order valence-electron chi connectivity index (χ4n) is 1.04. The summed E-state index contributed by atoms with van der Waals surface area (Å²) in [5, 5.41) is 0. The van der Waals surface area contributed by atoms with Gasteiger partial charge in [0.25, 0.3) is 0 Å². The number of benzene rings is 1. The van der Waals surface area contributed by atoms with Gasteiger partial charge in [-0.15, -0.1) is 0 Å². The van der Waals surface area contributed by atoms with Crippen molar-refractivity contribution >= 4 is 17.6 Å². The van der Waals surface area contributed by atoms with Crippen LogP contribution in [-0.4, -0.2) is 15.5 Å². The van der Waals surface area contributed by atoms with Gasteiger partial charge in [0.15, 0.2) is 0 Å². The van der Waals surface area contributed by atoms with Crippen molar-refractivity contribution < 1.29 is 13.3 Å². The van der Waals surface area contributed by atoms with E-state index < -0.39 is 27.7 Å². The van der Waals surface area contributed by atoms with Gasteiger partial charge in [0, 0.05) is 11.1 Å². The molecule has 94 valence electrons. The summed E-state index contributed by atoms with van der Waals surface area (Å²) in [6.45, 7) is 6.66. The first-order valence-corrected chi connectivity index (χ1v) is 6.25. The van der Waals surface area contributed by atoms with Crippen molar-refractivity contribution in [3.63, 3.8) is 0 Å². The Balaban J connectivity index is 2.97. The first-order chi connectivity index (χ1) is 7.73. The molecule has 1 unspecified atom stereocenters. The molecule has 0 heterocycles. The number of hydrogen-bond acceptors (Lipinski definition) is 2. The van der Waals surface area contributed by atoms with Gasteiger partial charge in [0.1, 0.15) is 27.7 Å². The Bertz CT molecular complexity index is 441. The average molecular weight is 259 g/mol. The van der Waals surface area contributed by atoms with Crippen molar-refractivity contribution in [1.29, 1.82) is 0 Å². The lowest BCUT2D eigenvalue weighted by atomic mass is 10.1. The predicted molar refractivity (Wildman–Crippen MR) is 66.6 cm³/mol. The Morgan fingerprint density at radius 1 is 1.29 bits per heavy atom. The minimum atomic E-state index is -1.45. The summed E-state index contributed by atoms with van der Waals surface area (Å²) in [5.41, 5.74) is 0.0805. The SMILES string of the molecule is Cc1c(F)ccc(C=N[S+]([O-])C(C)(C)C)c1F. The van der Waals surface area contributed by atoms with E-state index in [1.807, 2.05) is 0 Å². The van der Waals surface area contributed by atoms with Gasteiger partial charge in [-0.25, -0.2) is 8.78 Å². The molecule has 0 saturated heterocycles. The van der Waals surface area contributed by atoms with Gasteiger partial charge in [-0.1, -0.05) is 4.40 Å². The van der Waals surface area contributed by atoms with Crippen LogP contribution in [0.1, 0.15) is 31.9 Å². The number of hydrogen-bond donors (Lipinski definition) is 0. The molecule has 0 aliphatic heterocycles. The summed E-state index contributed by atoms with van der Waals surface area (Å²) in [4.78, 5) is 0. The summed E-state index contributed by atoms with van der Waals surface area (Å²) >= 11 is -1.45. The quantitative estimate of drug-likeness (QED) is 0.593. The van der Waals surface area contributed by atoms with Gasteiger partial charge >= 0.3 is 0 Å². The van der Waals surface area contributed by atoms with Crippen molar-refractivity contribution in [2.75, 3.05) is 0 Å². The zero-order chi connectivity index (χ0) is 13.2. The molecule has 0 aromatic heterocycles. The lowest BCUT2D eigenvalue weighted by Gasteiger charge is -2.17. The van der Waals surface area contributed by atoms with Crippen molar-refractivity contribution in [1.82, 2.24) is 0 Å². The molecular formula is C12H15F2NOS. The molecule has 0 bridgehead atoms. The van der Waals surface area contributed by atoms with Crippen LogP contribution < -0.4 is 0 Å². The van der Waals surface area contributed by atoms with Crippen molar-refractivity contribution in [3.05, 3.63) is 34.9 Å². The molecule has 2 nitrogen and oxygen atoms in total. The first-order valence-electron chi connectivity index (χ1n) is 5.14. The van der Waals surface area contributed by atoms with Crippen LogP contribution in [0.25, 0.3) is 0 Å². The summed E-state index contributed by atoms with van der Waals surface area (Å²) in [7, 11) is 0. The van der Waals surface area contributed by atoms with Crippen LogP contribution in [0.15, 0.2) is 16.5 Å².